The standard InChI is InChI=1S/C12H7F10NO3S/c1-6-2-4-7(5-3-6)8(23-26-27(24,25)12(20,21)22)9(13,14)10(15,16)11(17,18)19/h2-5H,1H3. The molecule has 1 rings (SSSR count). The number of hydrogen-bond donors (Lipinski definition) is 0. The lowest BCUT2D eigenvalue weighted by Gasteiger charge is -2.28. The van der Waals surface area contributed by atoms with Gasteiger partial charge in [0.05, 0.1) is 0 Å². The van der Waals surface area contributed by atoms with Crippen LogP contribution in [-0.2, 0) is 14.4 Å². The molecule has 0 saturated heterocycles. The highest BCUT2D eigenvalue weighted by atomic mass is 32.2. The average Bonchev–Trinajstić information content (AvgIpc) is 2.46. The number of benzene rings is 1. The Kier molecular flexibility index (Phi) is 5.82. The van der Waals surface area contributed by atoms with Crippen molar-refractivity contribution in [1.29, 1.82) is 0 Å². The molecule has 27 heavy (non-hydrogen) atoms. The Morgan fingerprint density at radius 2 is 1.33 bits per heavy atom. The van der Waals surface area contributed by atoms with Gasteiger partial charge in [0.1, 0.15) is 0 Å². The van der Waals surface area contributed by atoms with Crippen LogP contribution in [0.25, 0.3) is 0 Å². The second-order valence-electron chi connectivity index (χ2n) is 4.93. The number of hydrogen-bond acceptors (Lipinski definition) is 4. The van der Waals surface area contributed by atoms with Crippen LogP contribution >= 0.6 is 0 Å². The van der Waals surface area contributed by atoms with Crippen molar-refractivity contribution in [3.8, 4) is 0 Å². The average molecular weight is 435 g/mol. The summed E-state index contributed by atoms with van der Waals surface area (Å²) in [4.78, 5) is 0. The third-order valence-corrected chi connectivity index (χ3v) is 3.72. The van der Waals surface area contributed by atoms with E-state index in [2.05, 4.69) is 4.28 Å². The zero-order valence-corrected chi connectivity index (χ0v) is 13.5. The van der Waals surface area contributed by atoms with Crippen LogP contribution in [0.2, 0.25) is 0 Å². The molecule has 0 N–H and O–H groups in total. The Balaban J connectivity index is 3.61. The first-order valence-corrected chi connectivity index (χ1v) is 7.73. The highest BCUT2D eigenvalue weighted by Crippen LogP contribution is 2.48. The molecule has 0 heterocycles. The van der Waals surface area contributed by atoms with E-state index in [9.17, 15) is 52.3 Å². The minimum Gasteiger partial charge on any atom is -0.261 e. The van der Waals surface area contributed by atoms with Crippen molar-refractivity contribution in [2.75, 3.05) is 0 Å². The fourth-order valence-corrected chi connectivity index (χ4v) is 1.72. The number of oxime groups is 1. The van der Waals surface area contributed by atoms with E-state index < -0.39 is 44.9 Å². The SMILES string of the molecule is Cc1ccc(C(=NOS(=O)(=O)C(F)(F)F)C(F)(F)C(F)(F)C(F)(F)F)cc1. The van der Waals surface area contributed by atoms with Crippen molar-refractivity contribution in [1.82, 2.24) is 0 Å². The van der Waals surface area contributed by atoms with E-state index in [-0.39, 0.29) is 0 Å². The van der Waals surface area contributed by atoms with Gasteiger partial charge in [0, 0.05) is 5.56 Å². The molecule has 0 unspecified atom stereocenters. The molecule has 0 aliphatic rings. The van der Waals surface area contributed by atoms with Gasteiger partial charge in [0.25, 0.3) is 0 Å². The van der Waals surface area contributed by atoms with Gasteiger partial charge in [-0.25, -0.2) is 0 Å². The third-order valence-electron chi connectivity index (χ3n) is 2.88. The first kappa shape index (κ1) is 23.0. The first-order chi connectivity index (χ1) is 11.8. The monoisotopic (exact) mass is 435 g/mol. The zero-order valence-electron chi connectivity index (χ0n) is 12.7. The molecule has 154 valence electrons. The topological polar surface area (TPSA) is 55.7 Å². The predicted molar refractivity (Wildman–Crippen MR) is 69.7 cm³/mol. The zero-order chi connectivity index (χ0) is 21.5. The molecule has 0 aromatic heterocycles. The number of alkyl halides is 10. The number of aryl methyl sites for hydroxylation is 1. The summed E-state index contributed by atoms with van der Waals surface area (Å²) in [6.45, 7) is 1.35. The van der Waals surface area contributed by atoms with Crippen molar-refractivity contribution in [2.24, 2.45) is 5.16 Å². The van der Waals surface area contributed by atoms with Gasteiger partial charge in [0.2, 0.25) is 0 Å². The fraction of sp³-hybridized carbons (Fsp3) is 0.417. The predicted octanol–water partition coefficient (Wildman–Crippen LogP) is 4.40. The molecule has 1 aromatic carbocycles. The Bertz CT molecular complexity index is 809. The maximum absolute atomic E-state index is 13.9. The van der Waals surface area contributed by atoms with E-state index in [1.807, 2.05) is 0 Å². The molecule has 0 saturated carbocycles. The van der Waals surface area contributed by atoms with Crippen LogP contribution in [0.3, 0.4) is 0 Å². The quantitative estimate of drug-likeness (QED) is 0.298. The minimum atomic E-state index is -6.84. The molecule has 0 bridgehead atoms. The lowest BCUT2D eigenvalue weighted by atomic mass is 9.98. The first-order valence-electron chi connectivity index (χ1n) is 6.32. The molecule has 0 radical (unpaired) electrons. The van der Waals surface area contributed by atoms with Gasteiger partial charge < -0.3 is 0 Å². The van der Waals surface area contributed by atoms with Crippen LogP contribution in [0.4, 0.5) is 43.9 Å². The van der Waals surface area contributed by atoms with Crippen LogP contribution in [0.5, 0.6) is 0 Å². The molecular weight excluding hydrogens is 428 g/mol. The van der Waals surface area contributed by atoms with Gasteiger partial charge >= 0.3 is 33.6 Å². The van der Waals surface area contributed by atoms with Crippen molar-refractivity contribution < 1.29 is 56.6 Å². The molecule has 0 aliphatic heterocycles. The molecule has 0 fully saturated rings. The van der Waals surface area contributed by atoms with Gasteiger partial charge in [-0.15, -0.1) is 0 Å². The summed E-state index contributed by atoms with van der Waals surface area (Å²) in [5.74, 6) is -13.1. The third kappa shape index (κ3) is 4.44. The van der Waals surface area contributed by atoms with Gasteiger partial charge in [-0.3, -0.25) is 4.28 Å². The largest absolute Gasteiger partial charge is 0.536 e. The molecule has 0 aliphatic carbocycles. The maximum Gasteiger partial charge on any atom is 0.536 e. The summed E-state index contributed by atoms with van der Waals surface area (Å²) in [5.41, 5.74) is -9.80. The molecule has 1 aromatic rings. The molecule has 0 atom stereocenters. The summed E-state index contributed by atoms with van der Waals surface area (Å²) in [5, 5.41) is 1.79. The Hall–Kier alpha value is -2.06. The van der Waals surface area contributed by atoms with E-state index in [1.165, 1.54) is 6.92 Å². The highest BCUT2D eigenvalue weighted by molar-refractivity contribution is 7.87. The Morgan fingerprint density at radius 3 is 1.70 bits per heavy atom. The van der Waals surface area contributed by atoms with Crippen molar-refractivity contribution in [3.05, 3.63) is 35.4 Å². The highest BCUT2D eigenvalue weighted by Gasteiger charge is 2.75. The number of nitrogens with zero attached hydrogens (tertiary/aromatic N) is 1. The summed E-state index contributed by atoms with van der Waals surface area (Å²) in [6.07, 6.45) is -6.84. The van der Waals surface area contributed by atoms with E-state index in [0.29, 0.717) is 17.7 Å². The van der Waals surface area contributed by atoms with Crippen LogP contribution < -0.4 is 0 Å². The van der Waals surface area contributed by atoms with Crippen LogP contribution in [-0.4, -0.2) is 37.7 Å². The van der Waals surface area contributed by atoms with Crippen LogP contribution in [0.15, 0.2) is 29.4 Å². The number of rotatable bonds is 5. The van der Waals surface area contributed by atoms with Gasteiger partial charge in [-0.1, -0.05) is 35.0 Å². The summed E-state index contributed by atoms with van der Waals surface area (Å²) in [7, 11) is -6.70. The van der Waals surface area contributed by atoms with E-state index in [1.54, 1.807) is 5.16 Å². The van der Waals surface area contributed by atoms with E-state index >= 15 is 0 Å². The molecule has 0 amide bonds. The van der Waals surface area contributed by atoms with Crippen LogP contribution in [0, 0.1) is 6.92 Å². The lowest BCUT2D eigenvalue weighted by molar-refractivity contribution is -0.336. The van der Waals surface area contributed by atoms with Gasteiger partial charge in [0.15, 0.2) is 5.71 Å². The Morgan fingerprint density at radius 1 is 0.889 bits per heavy atom. The summed E-state index contributed by atoms with van der Waals surface area (Å²) < 4.78 is 152. The lowest BCUT2D eigenvalue weighted by Crippen LogP contribution is -2.56. The molecular formula is C12H7F10NO3S. The molecule has 4 nitrogen and oxygen atoms in total. The summed E-state index contributed by atoms with van der Waals surface area (Å²) >= 11 is 0. The number of halogens is 10. The summed E-state index contributed by atoms with van der Waals surface area (Å²) in [6, 6.07) is 2.87. The van der Waals surface area contributed by atoms with Crippen molar-refractivity contribution >= 4 is 15.8 Å². The van der Waals surface area contributed by atoms with Crippen LogP contribution in [0.1, 0.15) is 11.1 Å². The second kappa shape index (κ2) is 6.83. The van der Waals surface area contributed by atoms with E-state index in [0.717, 1.165) is 12.1 Å². The smallest absolute Gasteiger partial charge is 0.261 e. The molecule has 0 spiro atoms. The fourth-order valence-electron chi connectivity index (χ4n) is 1.46. The van der Waals surface area contributed by atoms with Gasteiger partial charge in [-0.05, 0) is 6.92 Å². The molecule has 15 heteroatoms. The maximum atomic E-state index is 13.9. The second-order valence-corrected chi connectivity index (χ2v) is 6.45. The normalized spacial score (nSPS) is 15.0. The van der Waals surface area contributed by atoms with Crippen molar-refractivity contribution in [3.63, 3.8) is 0 Å². The van der Waals surface area contributed by atoms with Crippen molar-refractivity contribution in [2.45, 2.75) is 30.5 Å². The minimum absolute atomic E-state index is 0.299. The van der Waals surface area contributed by atoms with Gasteiger partial charge in [-0.2, -0.15) is 52.3 Å². The van der Waals surface area contributed by atoms with E-state index in [4.69, 9.17) is 0 Å². The Labute approximate surface area is 144 Å².